The van der Waals surface area contributed by atoms with Crippen molar-refractivity contribution < 1.29 is 4.39 Å². The summed E-state index contributed by atoms with van der Waals surface area (Å²) in [5.41, 5.74) is 1.50. The van der Waals surface area contributed by atoms with Crippen LogP contribution in [-0.2, 0) is 20.1 Å². The van der Waals surface area contributed by atoms with Gasteiger partial charge in [-0.15, -0.1) is 45.5 Å². The summed E-state index contributed by atoms with van der Waals surface area (Å²) in [5, 5.41) is 17.0. The Balaban J connectivity index is 0.00000300. The molecule has 29 heavy (non-hydrogen) atoms. The fraction of sp³-hybridized carbons (Fsp3) is 0.350. The summed E-state index contributed by atoms with van der Waals surface area (Å²) in [6, 6.07) is 9.27. The van der Waals surface area contributed by atoms with Crippen LogP contribution in [0.3, 0.4) is 0 Å². The third-order valence-corrected chi connectivity index (χ3v) is 5.50. The normalized spacial score (nSPS) is 12.4. The molecular formula is C20H26FIN6S. The summed E-state index contributed by atoms with van der Waals surface area (Å²) in [6.07, 6.45) is 0. The van der Waals surface area contributed by atoms with Crippen LogP contribution >= 0.6 is 35.3 Å². The van der Waals surface area contributed by atoms with E-state index in [1.165, 1.54) is 4.88 Å². The second kappa shape index (κ2) is 10.7. The maximum atomic E-state index is 13.9. The van der Waals surface area contributed by atoms with Gasteiger partial charge in [0.1, 0.15) is 18.2 Å². The van der Waals surface area contributed by atoms with Crippen LogP contribution in [0.1, 0.15) is 40.6 Å². The first-order valence-electron chi connectivity index (χ1n) is 9.12. The lowest BCUT2D eigenvalue weighted by Crippen LogP contribution is -2.38. The first kappa shape index (κ1) is 23.3. The van der Waals surface area contributed by atoms with Crippen molar-refractivity contribution in [2.75, 3.05) is 0 Å². The highest BCUT2D eigenvalue weighted by Crippen LogP contribution is 2.16. The molecular weight excluding hydrogens is 502 g/mol. The van der Waals surface area contributed by atoms with Crippen molar-refractivity contribution >= 4 is 41.3 Å². The van der Waals surface area contributed by atoms with Gasteiger partial charge in [0.2, 0.25) is 0 Å². The molecule has 3 aromatic rings. The van der Waals surface area contributed by atoms with E-state index >= 15 is 0 Å². The highest BCUT2D eigenvalue weighted by molar-refractivity contribution is 14.0. The van der Waals surface area contributed by atoms with Gasteiger partial charge >= 0.3 is 0 Å². The standard InChI is InChI=1S/C20H25FN6S.HI/c1-13-7-8-16(10-18(13)21)14(2)24-20(22-11-17-6-5-9-28-17)23-12-19-26-25-15(3)27(19)4;/h5-10,14H,11-12H2,1-4H3,(H2,22,23,24);1H. The lowest BCUT2D eigenvalue weighted by atomic mass is 10.1. The molecule has 6 nitrogen and oxygen atoms in total. The number of hydrogen-bond donors (Lipinski definition) is 2. The quantitative estimate of drug-likeness (QED) is 0.285. The van der Waals surface area contributed by atoms with Crippen LogP contribution in [0.15, 0.2) is 40.7 Å². The maximum absolute atomic E-state index is 13.9. The third-order valence-electron chi connectivity index (χ3n) is 4.62. The third kappa shape index (κ3) is 6.23. The Morgan fingerprint density at radius 2 is 2.07 bits per heavy atom. The Labute approximate surface area is 191 Å². The molecule has 0 aliphatic carbocycles. The van der Waals surface area contributed by atoms with E-state index in [1.54, 1.807) is 30.4 Å². The van der Waals surface area contributed by atoms with Crippen LogP contribution in [0.5, 0.6) is 0 Å². The highest BCUT2D eigenvalue weighted by Gasteiger charge is 2.11. The average Bonchev–Trinajstić information content (AvgIpc) is 3.31. The number of hydrogen-bond acceptors (Lipinski definition) is 4. The van der Waals surface area contributed by atoms with Gasteiger partial charge < -0.3 is 15.2 Å². The van der Waals surface area contributed by atoms with Crippen molar-refractivity contribution in [2.45, 2.75) is 39.9 Å². The molecule has 0 aliphatic heterocycles. The number of rotatable bonds is 6. The smallest absolute Gasteiger partial charge is 0.192 e. The summed E-state index contributed by atoms with van der Waals surface area (Å²) in [5.74, 6) is 2.06. The van der Waals surface area contributed by atoms with E-state index in [0.717, 1.165) is 17.2 Å². The number of guanidine groups is 1. The summed E-state index contributed by atoms with van der Waals surface area (Å²) in [7, 11) is 1.92. The summed E-state index contributed by atoms with van der Waals surface area (Å²) < 4.78 is 15.9. The average molecular weight is 528 g/mol. The van der Waals surface area contributed by atoms with E-state index < -0.39 is 0 Å². The molecule has 0 fully saturated rings. The van der Waals surface area contributed by atoms with Gasteiger partial charge in [0, 0.05) is 11.9 Å². The predicted octanol–water partition coefficient (Wildman–Crippen LogP) is 4.25. The second-order valence-corrected chi connectivity index (χ2v) is 7.73. The molecule has 2 aromatic heterocycles. The molecule has 1 unspecified atom stereocenters. The number of nitrogens with one attached hydrogen (secondary N) is 2. The number of thiophene rings is 1. The van der Waals surface area contributed by atoms with Gasteiger partial charge in [0.25, 0.3) is 0 Å². The summed E-state index contributed by atoms with van der Waals surface area (Å²) >= 11 is 1.68. The molecule has 1 atom stereocenters. The van der Waals surface area contributed by atoms with Gasteiger partial charge in [0.15, 0.2) is 11.8 Å². The first-order chi connectivity index (χ1) is 13.4. The lowest BCUT2D eigenvalue weighted by molar-refractivity contribution is 0.607. The van der Waals surface area contributed by atoms with E-state index in [4.69, 9.17) is 0 Å². The maximum Gasteiger partial charge on any atom is 0.192 e. The predicted molar refractivity (Wildman–Crippen MR) is 126 cm³/mol. The highest BCUT2D eigenvalue weighted by atomic mass is 127. The first-order valence-corrected chi connectivity index (χ1v) is 10.00. The van der Waals surface area contributed by atoms with Gasteiger partial charge in [-0.2, -0.15) is 0 Å². The van der Waals surface area contributed by atoms with Crippen molar-refractivity contribution in [1.29, 1.82) is 0 Å². The SMILES string of the molecule is Cc1ccc(C(C)NC(=NCc2nnc(C)n2C)NCc2cccs2)cc1F.I. The van der Waals surface area contributed by atoms with Gasteiger partial charge in [-0.25, -0.2) is 9.38 Å². The molecule has 0 spiro atoms. The van der Waals surface area contributed by atoms with Gasteiger partial charge in [0.05, 0.1) is 12.6 Å². The van der Waals surface area contributed by atoms with Crippen LogP contribution in [0, 0.1) is 19.7 Å². The summed E-state index contributed by atoms with van der Waals surface area (Å²) in [4.78, 5) is 5.86. The van der Waals surface area contributed by atoms with Crippen molar-refractivity contribution in [3.05, 3.63) is 69.2 Å². The molecule has 0 radical (unpaired) electrons. The Kier molecular flexibility index (Phi) is 8.57. The Morgan fingerprint density at radius 1 is 1.28 bits per heavy atom. The van der Waals surface area contributed by atoms with E-state index in [1.807, 2.05) is 43.0 Å². The molecule has 156 valence electrons. The molecule has 0 bridgehead atoms. The Hall–Kier alpha value is -2.01. The van der Waals surface area contributed by atoms with Crippen molar-refractivity contribution in [3.8, 4) is 0 Å². The number of aliphatic imine (C=N–C) groups is 1. The topological polar surface area (TPSA) is 67.1 Å². The zero-order chi connectivity index (χ0) is 20.1. The second-order valence-electron chi connectivity index (χ2n) is 6.69. The van der Waals surface area contributed by atoms with Crippen LogP contribution in [0.2, 0.25) is 0 Å². The van der Waals surface area contributed by atoms with E-state index in [2.05, 4.69) is 31.9 Å². The van der Waals surface area contributed by atoms with Crippen molar-refractivity contribution in [3.63, 3.8) is 0 Å². The van der Waals surface area contributed by atoms with E-state index in [9.17, 15) is 4.39 Å². The van der Waals surface area contributed by atoms with Crippen LogP contribution in [0.25, 0.3) is 0 Å². The Bertz CT molecular complexity index is 954. The van der Waals surface area contributed by atoms with Gasteiger partial charge in [-0.3, -0.25) is 0 Å². The molecule has 2 heterocycles. The van der Waals surface area contributed by atoms with E-state index in [0.29, 0.717) is 24.6 Å². The van der Waals surface area contributed by atoms with Crippen molar-refractivity contribution in [1.82, 2.24) is 25.4 Å². The van der Waals surface area contributed by atoms with E-state index in [-0.39, 0.29) is 35.8 Å². The molecule has 0 aliphatic rings. The Morgan fingerprint density at radius 3 is 2.69 bits per heavy atom. The monoisotopic (exact) mass is 528 g/mol. The number of nitrogens with zero attached hydrogens (tertiary/aromatic N) is 4. The summed E-state index contributed by atoms with van der Waals surface area (Å²) in [6.45, 7) is 6.71. The number of aromatic nitrogens is 3. The fourth-order valence-corrected chi connectivity index (χ4v) is 3.29. The molecule has 0 amide bonds. The fourth-order valence-electron chi connectivity index (χ4n) is 2.64. The molecule has 0 saturated heterocycles. The number of aryl methyl sites for hydroxylation is 2. The minimum Gasteiger partial charge on any atom is -0.351 e. The number of halogens is 2. The molecule has 3 rings (SSSR count). The minimum atomic E-state index is -0.203. The number of benzene rings is 1. The van der Waals surface area contributed by atoms with Crippen LogP contribution in [-0.4, -0.2) is 20.7 Å². The molecule has 2 N–H and O–H groups in total. The minimum absolute atomic E-state index is 0. The zero-order valence-electron chi connectivity index (χ0n) is 16.9. The van der Waals surface area contributed by atoms with Crippen molar-refractivity contribution in [2.24, 2.45) is 12.0 Å². The lowest BCUT2D eigenvalue weighted by Gasteiger charge is -2.19. The largest absolute Gasteiger partial charge is 0.351 e. The zero-order valence-corrected chi connectivity index (χ0v) is 20.1. The molecule has 9 heteroatoms. The van der Waals surface area contributed by atoms with Gasteiger partial charge in [-0.1, -0.05) is 18.2 Å². The molecule has 0 saturated carbocycles. The van der Waals surface area contributed by atoms with Gasteiger partial charge in [-0.05, 0) is 49.4 Å². The van der Waals surface area contributed by atoms with Crippen LogP contribution < -0.4 is 10.6 Å². The van der Waals surface area contributed by atoms with Crippen LogP contribution in [0.4, 0.5) is 4.39 Å². The molecule has 1 aromatic carbocycles.